The van der Waals surface area contributed by atoms with E-state index in [1.165, 1.54) is 6.42 Å². The number of carbonyl (C=O) groups excluding carboxylic acids is 3. The highest BCUT2D eigenvalue weighted by Crippen LogP contribution is 2.35. The minimum Gasteiger partial charge on any atom is -0.490 e. The molecule has 0 spiro atoms. The third kappa shape index (κ3) is 9.03. The highest BCUT2D eigenvalue weighted by Gasteiger charge is 2.38. The standard InChI is InChI=1S/C49H60N12O6/c1-6-60-39(21-30(4)55-60)46(63)53-48-51-37-19-29(3)20-41-43(37)58(48)17-11-12-18-59-44-38(52-49(59)54-47(64)40-22-31(5)56-61(40)7-2)23-32(45(62)50-33-13-9-8-10-14-33)24-42(44)66-28-34(27-65-41)57-25-35-15-16-36(26-57)67-35/h11-12,19-24,33-36H,6-10,13-18,25-28H2,1-5H3,(H,50,62)(H,51,53,63)(H,52,54,64)/b12-11+. The van der Waals surface area contributed by atoms with Crippen molar-refractivity contribution in [3.05, 3.63) is 82.5 Å². The quantitative estimate of drug-likeness (QED) is 0.133. The van der Waals surface area contributed by atoms with Crippen LogP contribution in [0.25, 0.3) is 22.1 Å². The number of anilines is 2. The Bertz CT molecular complexity index is 2870. The summed E-state index contributed by atoms with van der Waals surface area (Å²) in [7, 11) is 0. The number of likely N-dealkylation sites (tertiary alicyclic amines) is 1. The van der Waals surface area contributed by atoms with Gasteiger partial charge in [0.25, 0.3) is 17.7 Å². The molecule has 2 saturated heterocycles. The van der Waals surface area contributed by atoms with Crippen LogP contribution in [0.5, 0.6) is 11.5 Å². The summed E-state index contributed by atoms with van der Waals surface area (Å²) in [4.78, 5) is 54.6. The van der Waals surface area contributed by atoms with E-state index in [4.69, 9.17) is 24.2 Å². The van der Waals surface area contributed by atoms with E-state index in [9.17, 15) is 14.4 Å². The van der Waals surface area contributed by atoms with E-state index in [1.807, 2.05) is 74.1 Å². The van der Waals surface area contributed by atoms with Crippen molar-refractivity contribution in [2.24, 2.45) is 0 Å². The van der Waals surface area contributed by atoms with Crippen LogP contribution in [-0.2, 0) is 30.9 Å². The highest BCUT2D eigenvalue weighted by atomic mass is 16.5. The molecule has 3 fully saturated rings. The van der Waals surface area contributed by atoms with Gasteiger partial charge in [0.2, 0.25) is 11.9 Å². The lowest BCUT2D eigenvalue weighted by Crippen LogP contribution is -2.52. The van der Waals surface area contributed by atoms with Crippen molar-refractivity contribution < 1.29 is 28.6 Å². The van der Waals surface area contributed by atoms with Gasteiger partial charge in [-0.15, -0.1) is 0 Å². The number of hydrogen-bond donors (Lipinski definition) is 3. The first-order valence-corrected chi connectivity index (χ1v) is 23.9. The van der Waals surface area contributed by atoms with E-state index in [0.29, 0.717) is 70.6 Å². The van der Waals surface area contributed by atoms with Gasteiger partial charge in [-0.2, -0.15) is 10.2 Å². The SMILES string of the molecule is CCn1nc(C)cc1C(=O)Nc1nc2cc(C)cc3c2n1C/C=C/Cn1c(NC(=O)c2cc(C)nn2CC)nc2cc(C(=O)NC4CCCCC4)cc(c21)OCC(N1CC2CCC(C1)O2)CO3. The lowest BCUT2D eigenvalue weighted by Gasteiger charge is -2.37. The molecule has 4 aromatic heterocycles. The summed E-state index contributed by atoms with van der Waals surface area (Å²) in [5.41, 5.74) is 6.25. The molecule has 18 nitrogen and oxygen atoms in total. The minimum atomic E-state index is -0.363. The van der Waals surface area contributed by atoms with Gasteiger partial charge in [-0.25, -0.2) is 9.97 Å². The number of aryl methyl sites for hydroxylation is 5. The molecule has 7 heterocycles. The van der Waals surface area contributed by atoms with Crippen molar-refractivity contribution in [1.82, 2.24) is 48.9 Å². The fourth-order valence-corrected chi connectivity index (χ4v) is 10.2. The summed E-state index contributed by atoms with van der Waals surface area (Å²) in [6, 6.07) is 11.0. The van der Waals surface area contributed by atoms with Crippen LogP contribution >= 0.6 is 0 Å². The summed E-state index contributed by atoms with van der Waals surface area (Å²) in [5.74, 6) is 0.880. The van der Waals surface area contributed by atoms with E-state index >= 15 is 0 Å². The van der Waals surface area contributed by atoms with Crippen LogP contribution in [0.2, 0.25) is 0 Å². The number of morpholine rings is 1. The molecule has 3 atom stereocenters. The number of benzene rings is 2. The number of allylic oxidation sites excluding steroid dienone is 2. The Morgan fingerprint density at radius 2 is 1.19 bits per heavy atom. The summed E-state index contributed by atoms with van der Waals surface area (Å²) >= 11 is 0. The van der Waals surface area contributed by atoms with Crippen molar-refractivity contribution in [3.8, 4) is 11.5 Å². The van der Waals surface area contributed by atoms with Gasteiger partial charge < -0.3 is 28.7 Å². The van der Waals surface area contributed by atoms with Crippen LogP contribution in [0, 0.1) is 20.8 Å². The Morgan fingerprint density at radius 3 is 1.75 bits per heavy atom. The number of hydrogen-bond acceptors (Lipinski definition) is 11. The topological polar surface area (TPSA) is 190 Å². The van der Waals surface area contributed by atoms with Crippen LogP contribution in [0.3, 0.4) is 0 Å². The average molecular weight is 913 g/mol. The maximum atomic E-state index is 14.1. The molecule has 0 radical (unpaired) electrons. The van der Waals surface area contributed by atoms with Crippen LogP contribution in [-0.4, -0.2) is 112 Å². The monoisotopic (exact) mass is 912 g/mol. The number of ether oxygens (including phenoxy) is 3. The average Bonchev–Trinajstić information content (AvgIpc) is 4.14. The third-order valence-corrected chi connectivity index (χ3v) is 13.5. The Balaban J connectivity index is 1.09. The maximum Gasteiger partial charge on any atom is 0.276 e. The predicted molar refractivity (Wildman–Crippen MR) is 253 cm³/mol. The van der Waals surface area contributed by atoms with E-state index in [1.54, 1.807) is 27.6 Å². The summed E-state index contributed by atoms with van der Waals surface area (Å²) < 4.78 is 27.4. The number of aromatic nitrogens is 8. The van der Waals surface area contributed by atoms with Crippen LogP contribution in [0.15, 0.2) is 48.6 Å². The van der Waals surface area contributed by atoms with E-state index in [2.05, 4.69) is 31.0 Å². The molecule has 352 valence electrons. The smallest absolute Gasteiger partial charge is 0.276 e. The summed E-state index contributed by atoms with van der Waals surface area (Å²) in [6.45, 7) is 13.2. The Hall–Kier alpha value is -6.53. The number of carbonyl (C=O) groups is 3. The zero-order valence-corrected chi connectivity index (χ0v) is 39.0. The first-order chi connectivity index (χ1) is 32.5. The Morgan fingerprint density at radius 1 is 0.657 bits per heavy atom. The fraction of sp³-hybridized carbons (Fsp3) is 0.490. The number of nitrogens with one attached hydrogen (secondary N) is 3. The summed E-state index contributed by atoms with van der Waals surface area (Å²) in [5, 5.41) is 18.5. The maximum absolute atomic E-state index is 14.1. The fourth-order valence-electron chi connectivity index (χ4n) is 10.2. The number of fused-ring (bicyclic) bond motifs is 2. The van der Waals surface area contributed by atoms with Gasteiger partial charge in [0.1, 0.15) is 47.1 Å². The second-order valence-corrected chi connectivity index (χ2v) is 18.4. The molecule has 6 aromatic rings. The molecule has 10 rings (SSSR count). The molecule has 3 unspecified atom stereocenters. The van der Waals surface area contributed by atoms with E-state index in [0.717, 1.165) is 74.1 Å². The normalized spacial score (nSPS) is 20.8. The second-order valence-electron chi connectivity index (χ2n) is 18.4. The van der Waals surface area contributed by atoms with Gasteiger partial charge in [-0.3, -0.25) is 39.3 Å². The highest BCUT2D eigenvalue weighted by molar-refractivity contribution is 6.05. The van der Waals surface area contributed by atoms with Crippen molar-refractivity contribution in [2.45, 2.75) is 130 Å². The molecule has 3 N–H and O–H groups in total. The Labute approximate surface area is 389 Å². The molecule has 3 amide bonds. The number of imidazole rings is 2. The van der Waals surface area contributed by atoms with Gasteiger partial charge >= 0.3 is 0 Å². The van der Waals surface area contributed by atoms with Crippen molar-refractivity contribution in [3.63, 3.8) is 0 Å². The molecular weight excluding hydrogens is 853 g/mol. The van der Waals surface area contributed by atoms with E-state index < -0.39 is 0 Å². The van der Waals surface area contributed by atoms with Gasteiger partial charge in [0.15, 0.2) is 0 Å². The molecule has 67 heavy (non-hydrogen) atoms. The van der Waals surface area contributed by atoms with Gasteiger partial charge in [0, 0.05) is 50.9 Å². The molecular formula is C49H60N12O6. The molecule has 2 aromatic carbocycles. The van der Waals surface area contributed by atoms with Crippen LogP contribution in [0.1, 0.15) is 107 Å². The largest absolute Gasteiger partial charge is 0.490 e. The first-order valence-electron chi connectivity index (χ1n) is 23.9. The van der Waals surface area contributed by atoms with E-state index in [-0.39, 0.29) is 67.7 Å². The Kier molecular flexibility index (Phi) is 12.3. The van der Waals surface area contributed by atoms with Crippen LogP contribution in [0.4, 0.5) is 11.9 Å². The lowest BCUT2D eigenvalue weighted by molar-refractivity contribution is -0.0639. The first kappa shape index (κ1) is 44.3. The number of nitrogens with zero attached hydrogens (tertiary/aromatic N) is 9. The molecule has 1 aliphatic carbocycles. The molecule has 3 aliphatic heterocycles. The molecule has 18 heteroatoms. The molecule has 4 aliphatic rings. The lowest BCUT2D eigenvalue weighted by atomic mass is 9.95. The molecule has 1 saturated carbocycles. The van der Waals surface area contributed by atoms with Crippen molar-refractivity contribution in [1.29, 1.82) is 0 Å². The number of rotatable bonds is 9. The van der Waals surface area contributed by atoms with Crippen LogP contribution < -0.4 is 25.4 Å². The van der Waals surface area contributed by atoms with Crippen molar-refractivity contribution in [2.75, 3.05) is 36.9 Å². The predicted octanol–water partition coefficient (Wildman–Crippen LogP) is 6.57. The summed E-state index contributed by atoms with van der Waals surface area (Å²) in [6.07, 6.45) is 11.4. The zero-order valence-electron chi connectivity index (χ0n) is 39.0. The second kappa shape index (κ2) is 18.6. The van der Waals surface area contributed by atoms with Gasteiger partial charge in [-0.05, 0) is 102 Å². The zero-order chi connectivity index (χ0) is 46.3. The van der Waals surface area contributed by atoms with Gasteiger partial charge in [-0.1, -0.05) is 31.4 Å². The van der Waals surface area contributed by atoms with Gasteiger partial charge in [0.05, 0.1) is 40.7 Å². The number of amides is 3. The third-order valence-electron chi connectivity index (χ3n) is 13.5. The minimum absolute atomic E-state index is 0.0970. The van der Waals surface area contributed by atoms with Crippen molar-refractivity contribution >= 4 is 51.7 Å². The molecule has 2 bridgehead atoms.